The zero-order chi connectivity index (χ0) is 16.8. The second-order valence-corrected chi connectivity index (χ2v) is 5.34. The minimum Gasteiger partial charge on any atom is -0.356 e. The van der Waals surface area contributed by atoms with Gasteiger partial charge in [-0.3, -0.25) is 19.0 Å². The molecule has 0 spiro atoms. The first-order chi connectivity index (χ1) is 11.0. The molecule has 2 aromatic rings. The first kappa shape index (κ1) is 16.7. The lowest BCUT2D eigenvalue weighted by Crippen LogP contribution is -2.34. The summed E-state index contributed by atoms with van der Waals surface area (Å²) in [6, 6.07) is 5.40. The summed E-state index contributed by atoms with van der Waals surface area (Å²) in [4.78, 5) is 39.2. The summed E-state index contributed by atoms with van der Waals surface area (Å²) in [6.07, 6.45) is 2.03. The van der Waals surface area contributed by atoms with Crippen LogP contribution < -0.4 is 16.2 Å². The van der Waals surface area contributed by atoms with Crippen LogP contribution in [0.5, 0.6) is 0 Å². The Labute approximate surface area is 133 Å². The van der Waals surface area contributed by atoms with E-state index in [1.165, 1.54) is 17.8 Å². The molecule has 0 aliphatic carbocycles. The lowest BCUT2D eigenvalue weighted by atomic mass is 10.1. The van der Waals surface area contributed by atoms with Gasteiger partial charge in [-0.1, -0.05) is 12.1 Å². The lowest BCUT2D eigenvalue weighted by molar-refractivity contribution is -0.121. The maximum Gasteiger partial charge on any atom is 0.261 e. The number of nitrogens with zero attached hydrogens (tertiary/aromatic N) is 2. The van der Waals surface area contributed by atoms with Crippen LogP contribution in [0.2, 0.25) is 0 Å². The highest BCUT2D eigenvalue weighted by Crippen LogP contribution is 2.10. The molecule has 0 aliphatic rings. The topological polar surface area (TPSA) is 93.1 Å². The Bertz CT molecular complexity index is 782. The van der Waals surface area contributed by atoms with Crippen molar-refractivity contribution < 1.29 is 9.59 Å². The molecule has 0 fully saturated rings. The van der Waals surface area contributed by atoms with Gasteiger partial charge in [0.05, 0.1) is 17.2 Å². The summed E-state index contributed by atoms with van der Waals surface area (Å²) >= 11 is 0. The van der Waals surface area contributed by atoms with Crippen molar-refractivity contribution in [3.8, 4) is 0 Å². The molecule has 0 saturated carbocycles. The summed E-state index contributed by atoms with van der Waals surface area (Å²) in [5, 5.41) is 5.87. The lowest BCUT2D eigenvalue weighted by Gasteiger charge is -2.09. The Kier molecular flexibility index (Phi) is 5.46. The third kappa shape index (κ3) is 4.38. The van der Waals surface area contributed by atoms with Gasteiger partial charge in [-0.25, -0.2) is 4.98 Å². The van der Waals surface area contributed by atoms with Gasteiger partial charge in [0.15, 0.2) is 0 Å². The van der Waals surface area contributed by atoms with E-state index in [9.17, 15) is 14.4 Å². The van der Waals surface area contributed by atoms with Crippen molar-refractivity contribution in [1.82, 2.24) is 20.2 Å². The molecule has 2 rings (SSSR count). The van der Waals surface area contributed by atoms with Gasteiger partial charge in [0, 0.05) is 20.0 Å². The number of aromatic nitrogens is 2. The molecule has 2 N–H and O–H groups in total. The number of benzene rings is 1. The number of carbonyl (C=O) groups excluding carboxylic acids is 2. The van der Waals surface area contributed by atoms with Crippen LogP contribution in [0.3, 0.4) is 0 Å². The van der Waals surface area contributed by atoms with Crippen molar-refractivity contribution in [2.75, 3.05) is 13.1 Å². The average molecular weight is 316 g/mol. The number of amides is 2. The van der Waals surface area contributed by atoms with Crippen LogP contribution in [0.1, 0.15) is 18.9 Å². The third-order valence-corrected chi connectivity index (χ3v) is 3.42. The molecule has 1 aromatic heterocycles. The quantitative estimate of drug-likeness (QED) is 0.752. The highest BCUT2D eigenvalue weighted by atomic mass is 16.2. The first-order valence-electron chi connectivity index (χ1n) is 7.45. The van der Waals surface area contributed by atoms with Crippen molar-refractivity contribution in [2.24, 2.45) is 0 Å². The average Bonchev–Trinajstić information content (AvgIpc) is 2.50. The molecular weight excluding hydrogens is 296 g/mol. The Hall–Kier alpha value is -2.70. The SMILES string of the molecule is CC(=O)NCCCNC(=O)Cn1cnc2c(C)cccc2c1=O. The van der Waals surface area contributed by atoms with Gasteiger partial charge >= 0.3 is 0 Å². The van der Waals surface area contributed by atoms with Crippen LogP contribution in [0.4, 0.5) is 0 Å². The standard InChI is InChI=1S/C16H20N4O3/c1-11-5-3-6-13-15(11)19-10-20(16(13)23)9-14(22)18-8-4-7-17-12(2)21/h3,5-6,10H,4,7-9H2,1-2H3,(H,17,21)(H,18,22). The van der Waals surface area contributed by atoms with Crippen LogP contribution in [0.25, 0.3) is 10.9 Å². The smallest absolute Gasteiger partial charge is 0.261 e. The first-order valence-corrected chi connectivity index (χ1v) is 7.45. The van der Waals surface area contributed by atoms with E-state index in [0.717, 1.165) is 5.56 Å². The number of fused-ring (bicyclic) bond motifs is 1. The maximum atomic E-state index is 12.4. The zero-order valence-corrected chi connectivity index (χ0v) is 13.3. The normalized spacial score (nSPS) is 10.5. The summed E-state index contributed by atoms with van der Waals surface area (Å²) < 4.78 is 1.30. The zero-order valence-electron chi connectivity index (χ0n) is 13.3. The van der Waals surface area contributed by atoms with Crippen molar-refractivity contribution in [1.29, 1.82) is 0 Å². The van der Waals surface area contributed by atoms with Crippen molar-refractivity contribution in [3.05, 3.63) is 40.4 Å². The maximum absolute atomic E-state index is 12.4. The summed E-state index contributed by atoms with van der Waals surface area (Å²) in [5.74, 6) is -0.357. The van der Waals surface area contributed by atoms with E-state index < -0.39 is 0 Å². The van der Waals surface area contributed by atoms with Crippen molar-refractivity contribution in [2.45, 2.75) is 26.8 Å². The molecular formula is C16H20N4O3. The minimum atomic E-state index is -0.260. The number of hydrogen-bond donors (Lipinski definition) is 2. The second kappa shape index (κ2) is 7.53. The van der Waals surface area contributed by atoms with Crippen molar-refractivity contribution >= 4 is 22.7 Å². The van der Waals surface area contributed by atoms with Gasteiger partial charge in [-0.15, -0.1) is 0 Å². The minimum absolute atomic E-state index is 0.0736. The molecule has 122 valence electrons. The number of para-hydroxylation sites is 1. The molecule has 23 heavy (non-hydrogen) atoms. The molecule has 0 bridgehead atoms. The van der Waals surface area contributed by atoms with E-state index in [1.54, 1.807) is 12.1 Å². The number of rotatable bonds is 6. The molecule has 0 aliphatic heterocycles. The Balaban J connectivity index is 1.96. The van der Waals surface area contributed by atoms with Crippen LogP contribution in [-0.2, 0) is 16.1 Å². The Morgan fingerprint density at radius 1 is 1.22 bits per heavy atom. The second-order valence-electron chi connectivity index (χ2n) is 5.34. The van der Waals surface area contributed by atoms with E-state index in [2.05, 4.69) is 15.6 Å². The van der Waals surface area contributed by atoms with Gasteiger partial charge in [-0.2, -0.15) is 0 Å². The van der Waals surface area contributed by atoms with E-state index >= 15 is 0 Å². The summed E-state index contributed by atoms with van der Waals surface area (Å²) in [5.41, 5.74) is 1.35. The summed E-state index contributed by atoms with van der Waals surface area (Å²) in [6.45, 7) is 4.20. The van der Waals surface area contributed by atoms with Gasteiger partial charge < -0.3 is 10.6 Å². The molecule has 0 radical (unpaired) electrons. The summed E-state index contributed by atoms with van der Waals surface area (Å²) in [7, 11) is 0. The Morgan fingerprint density at radius 3 is 2.70 bits per heavy atom. The predicted molar refractivity (Wildman–Crippen MR) is 87.1 cm³/mol. The van der Waals surface area contributed by atoms with Gasteiger partial charge in [0.1, 0.15) is 6.54 Å². The molecule has 0 atom stereocenters. The number of aryl methyl sites for hydroxylation is 1. The largest absolute Gasteiger partial charge is 0.356 e. The number of carbonyl (C=O) groups is 2. The predicted octanol–water partition coefficient (Wildman–Crippen LogP) is 0.347. The van der Waals surface area contributed by atoms with Gasteiger partial charge in [0.2, 0.25) is 11.8 Å². The van der Waals surface area contributed by atoms with Gasteiger partial charge in [-0.05, 0) is 25.0 Å². The molecule has 7 heteroatoms. The molecule has 2 amide bonds. The number of nitrogens with one attached hydrogen (secondary N) is 2. The van der Waals surface area contributed by atoms with Gasteiger partial charge in [0.25, 0.3) is 5.56 Å². The highest BCUT2D eigenvalue weighted by Gasteiger charge is 2.08. The fourth-order valence-corrected chi connectivity index (χ4v) is 2.24. The molecule has 1 aromatic carbocycles. The fourth-order valence-electron chi connectivity index (χ4n) is 2.24. The van der Waals surface area contributed by atoms with E-state index in [1.807, 2.05) is 13.0 Å². The molecule has 0 saturated heterocycles. The van der Waals surface area contributed by atoms with Crippen LogP contribution in [0.15, 0.2) is 29.3 Å². The fraction of sp³-hybridized carbons (Fsp3) is 0.375. The third-order valence-electron chi connectivity index (χ3n) is 3.42. The van der Waals surface area contributed by atoms with Crippen LogP contribution >= 0.6 is 0 Å². The van der Waals surface area contributed by atoms with E-state index in [-0.39, 0.29) is 23.9 Å². The molecule has 0 unspecified atom stereocenters. The highest BCUT2D eigenvalue weighted by molar-refractivity contribution is 5.81. The molecule has 7 nitrogen and oxygen atoms in total. The van der Waals surface area contributed by atoms with Crippen LogP contribution in [-0.4, -0.2) is 34.5 Å². The van der Waals surface area contributed by atoms with E-state index in [0.29, 0.717) is 30.4 Å². The number of hydrogen-bond acceptors (Lipinski definition) is 4. The Morgan fingerprint density at radius 2 is 1.96 bits per heavy atom. The monoisotopic (exact) mass is 316 g/mol. The van der Waals surface area contributed by atoms with E-state index in [4.69, 9.17) is 0 Å². The molecule has 1 heterocycles. The van der Waals surface area contributed by atoms with Crippen molar-refractivity contribution in [3.63, 3.8) is 0 Å². The van der Waals surface area contributed by atoms with Crippen LogP contribution in [0, 0.1) is 6.92 Å².